The van der Waals surface area contributed by atoms with E-state index in [4.69, 9.17) is 4.74 Å². The molecule has 0 bridgehead atoms. The SMILES string of the molecule is CCCCCCCCCC(OC(CCCCCCCCC)C(C)C=C=O)C(C)C=C=O. The van der Waals surface area contributed by atoms with Gasteiger partial charge in [-0.1, -0.05) is 118 Å². The first kappa shape index (κ1) is 29.9. The number of hydrogen-bond donors (Lipinski definition) is 0. The van der Waals surface area contributed by atoms with Crippen molar-refractivity contribution in [2.24, 2.45) is 11.8 Å². The van der Waals surface area contributed by atoms with Crippen molar-refractivity contribution in [3.05, 3.63) is 12.2 Å². The molecule has 0 heterocycles. The minimum atomic E-state index is 0.00847. The Morgan fingerprint density at radius 3 is 1.23 bits per heavy atom. The molecular weight excluding hydrogens is 384 g/mol. The van der Waals surface area contributed by atoms with E-state index in [1.807, 2.05) is 25.7 Å². The van der Waals surface area contributed by atoms with Gasteiger partial charge in [-0.3, -0.25) is 0 Å². The van der Waals surface area contributed by atoms with Gasteiger partial charge in [-0.15, -0.1) is 0 Å². The molecule has 0 aromatic rings. The Bertz CT molecular complexity index is 444. The summed E-state index contributed by atoms with van der Waals surface area (Å²) in [4.78, 5) is 21.9. The molecule has 180 valence electrons. The van der Waals surface area contributed by atoms with Gasteiger partial charge >= 0.3 is 0 Å². The Kier molecular flexibility index (Phi) is 21.3. The summed E-state index contributed by atoms with van der Waals surface area (Å²) < 4.78 is 6.55. The second kappa shape index (κ2) is 22.1. The van der Waals surface area contributed by atoms with Gasteiger partial charge in [0, 0.05) is 24.0 Å². The third kappa shape index (κ3) is 17.1. The second-order valence-corrected chi connectivity index (χ2v) is 9.32. The first-order chi connectivity index (χ1) is 15.1. The van der Waals surface area contributed by atoms with Crippen molar-refractivity contribution < 1.29 is 14.3 Å². The van der Waals surface area contributed by atoms with Gasteiger partial charge in [0.25, 0.3) is 0 Å². The van der Waals surface area contributed by atoms with E-state index in [-0.39, 0.29) is 24.0 Å². The number of unbranched alkanes of at least 4 members (excludes halogenated alkanes) is 12. The molecule has 0 spiro atoms. The van der Waals surface area contributed by atoms with Crippen molar-refractivity contribution in [3.8, 4) is 0 Å². The zero-order valence-electron chi connectivity index (χ0n) is 21.0. The van der Waals surface area contributed by atoms with Crippen molar-refractivity contribution in [2.75, 3.05) is 0 Å². The van der Waals surface area contributed by atoms with Gasteiger partial charge < -0.3 is 4.74 Å². The van der Waals surface area contributed by atoms with E-state index in [1.165, 1.54) is 77.0 Å². The first-order valence-corrected chi connectivity index (χ1v) is 13.2. The number of ether oxygens (including phenoxy) is 1. The highest BCUT2D eigenvalue weighted by atomic mass is 16.5. The molecule has 0 rings (SSSR count). The minimum absolute atomic E-state index is 0.00847. The lowest BCUT2D eigenvalue weighted by Gasteiger charge is -2.30. The third-order valence-corrected chi connectivity index (χ3v) is 6.37. The van der Waals surface area contributed by atoms with E-state index >= 15 is 0 Å². The summed E-state index contributed by atoms with van der Waals surface area (Å²) in [5.74, 6) is 3.99. The molecule has 31 heavy (non-hydrogen) atoms. The lowest BCUT2D eigenvalue weighted by Crippen LogP contribution is -2.31. The highest BCUT2D eigenvalue weighted by molar-refractivity contribution is 5.46. The van der Waals surface area contributed by atoms with Gasteiger partial charge in [0.1, 0.15) is 11.9 Å². The molecule has 0 aliphatic heterocycles. The summed E-state index contributed by atoms with van der Waals surface area (Å²) >= 11 is 0. The summed E-state index contributed by atoms with van der Waals surface area (Å²) in [7, 11) is 0. The molecule has 0 aromatic carbocycles. The number of carbonyl (C=O) groups excluding carboxylic acids is 2. The van der Waals surface area contributed by atoms with Crippen molar-refractivity contribution in [3.63, 3.8) is 0 Å². The fourth-order valence-corrected chi connectivity index (χ4v) is 4.17. The molecule has 0 aliphatic carbocycles. The fourth-order valence-electron chi connectivity index (χ4n) is 4.17. The summed E-state index contributed by atoms with van der Waals surface area (Å²) in [5.41, 5.74) is 0. The van der Waals surface area contributed by atoms with Crippen LogP contribution < -0.4 is 0 Å². The van der Waals surface area contributed by atoms with E-state index in [2.05, 4.69) is 13.8 Å². The molecule has 0 N–H and O–H groups in total. The minimum Gasteiger partial charge on any atom is -0.374 e. The van der Waals surface area contributed by atoms with Crippen LogP contribution in [0.25, 0.3) is 0 Å². The maximum atomic E-state index is 10.9. The molecule has 0 radical (unpaired) electrons. The van der Waals surface area contributed by atoms with Gasteiger partial charge in [0.2, 0.25) is 0 Å². The molecule has 3 heteroatoms. The second-order valence-electron chi connectivity index (χ2n) is 9.32. The van der Waals surface area contributed by atoms with Crippen LogP contribution in [0.4, 0.5) is 0 Å². The molecule has 0 aliphatic rings. The Hall–Kier alpha value is -1.14. The smallest absolute Gasteiger partial charge is 0.120 e. The number of hydrogen-bond acceptors (Lipinski definition) is 3. The molecule has 4 atom stereocenters. The molecule has 4 unspecified atom stereocenters. The lowest BCUT2D eigenvalue weighted by atomic mass is 9.94. The van der Waals surface area contributed by atoms with Gasteiger partial charge in [-0.25, -0.2) is 9.59 Å². The van der Waals surface area contributed by atoms with Crippen molar-refractivity contribution in [1.82, 2.24) is 0 Å². The maximum Gasteiger partial charge on any atom is 0.120 e. The van der Waals surface area contributed by atoms with Crippen LogP contribution in [-0.4, -0.2) is 24.1 Å². The van der Waals surface area contributed by atoms with Gasteiger partial charge in [-0.2, -0.15) is 0 Å². The predicted octanol–water partition coefficient (Wildman–Crippen LogP) is 8.07. The van der Waals surface area contributed by atoms with Gasteiger partial charge in [0.15, 0.2) is 0 Å². The zero-order chi connectivity index (χ0) is 23.2. The summed E-state index contributed by atoms with van der Waals surface area (Å²) in [6.07, 6.45) is 22.8. The average molecular weight is 435 g/mol. The van der Waals surface area contributed by atoms with Crippen LogP contribution in [0.1, 0.15) is 130 Å². The largest absolute Gasteiger partial charge is 0.374 e. The third-order valence-electron chi connectivity index (χ3n) is 6.37. The van der Waals surface area contributed by atoms with Crippen LogP contribution in [-0.2, 0) is 14.3 Å². The predicted molar refractivity (Wildman–Crippen MR) is 133 cm³/mol. The van der Waals surface area contributed by atoms with E-state index in [1.54, 1.807) is 12.2 Å². The van der Waals surface area contributed by atoms with Crippen LogP contribution in [0.2, 0.25) is 0 Å². The Balaban J connectivity index is 4.67. The number of rotatable bonds is 22. The highest BCUT2D eigenvalue weighted by Gasteiger charge is 2.24. The summed E-state index contributed by atoms with van der Waals surface area (Å²) in [5, 5.41) is 0. The Morgan fingerprint density at radius 2 is 0.903 bits per heavy atom. The lowest BCUT2D eigenvalue weighted by molar-refractivity contribution is -0.0550. The van der Waals surface area contributed by atoms with E-state index in [0.717, 1.165) is 25.7 Å². The summed E-state index contributed by atoms with van der Waals surface area (Å²) in [6.45, 7) is 8.57. The molecule has 0 aromatic heterocycles. The van der Waals surface area contributed by atoms with Crippen molar-refractivity contribution in [2.45, 2.75) is 143 Å². The Morgan fingerprint density at radius 1 is 0.581 bits per heavy atom. The molecule has 0 saturated carbocycles. The molecule has 0 amide bonds. The fraction of sp³-hybridized carbons (Fsp3) is 0.857. The molecule has 3 nitrogen and oxygen atoms in total. The zero-order valence-corrected chi connectivity index (χ0v) is 21.0. The molecule has 0 saturated heterocycles. The Labute approximate surface area is 193 Å². The highest BCUT2D eigenvalue weighted by Crippen LogP contribution is 2.25. The van der Waals surface area contributed by atoms with Crippen LogP contribution in [0, 0.1) is 11.8 Å². The normalized spacial score (nSPS) is 14.8. The van der Waals surface area contributed by atoms with Gasteiger partial charge in [0.05, 0.1) is 12.2 Å². The van der Waals surface area contributed by atoms with Crippen molar-refractivity contribution >= 4 is 11.9 Å². The summed E-state index contributed by atoms with van der Waals surface area (Å²) in [6, 6.07) is 0. The monoisotopic (exact) mass is 434 g/mol. The van der Waals surface area contributed by atoms with Crippen LogP contribution in [0.15, 0.2) is 12.2 Å². The van der Waals surface area contributed by atoms with Crippen molar-refractivity contribution in [1.29, 1.82) is 0 Å². The van der Waals surface area contributed by atoms with Crippen LogP contribution >= 0.6 is 0 Å². The molecule has 0 fully saturated rings. The molecular formula is C28H50O3. The average Bonchev–Trinajstić information content (AvgIpc) is 2.76. The van der Waals surface area contributed by atoms with Gasteiger partial charge in [-0.05, 0) is 12.8 Å². The van der Waals surface area contributed by atoms with E-state index in [0.29, 0.717) is 0 Å². The van der Waals surface area contributed by atoms with E-state index in [9.17, 15) is 9.59 Å². The maximum absolute atomic E-state index is 10.9. The van der Waals surface area contributed by atoms with E-state index < -0.39 is 0 Å². The standard InChI is InChI=1S/C28H50O3/c1-5-7-9-11-13-15-17-19-27(25(3)21-23-29)31-28(26(4)22-24-30)20-18-16-14-12-10-8-6-2/h21-22,25-28H,5-20H2,1-4H3. The van der Waals surface area contributed by atoms with Crippen LogP contribution in [0.5, 0.6) is 0 Å². The van der Waals surface area contributed by atoms with Crippen LogP contribution in [0.3, 0.4) is 0 Å². The quantitative estimate of drug-likeness (QED) is 0.128. The first-order valence-electron chi connectivity index (χ1n) is 13.2. The topological polar surface area (TPSA) is 43.4 Å².